The first-order valence-electron chi connectivity index (χ1n) is 7.40. The molecule has 0 amide bonds. The van der Waals surface area contributed by atoms with E-state index >= 15 is 0 Å². The average Bonchev–Trinajstić information content (AvgIpc) is 2.53. The van der Waals surface area contributed by atoms with Crippen LogP contribution >= 0.6 is 0 Å². The first-order valence-corrected chi connectivity index (χ1v) is 7.40. The minimum absolute atomic E-state index is 0.0839. The number of aromatic carboxylic acids is 1. The molecule has 2 rings (SSSR count). The number of ether oxygens (including phenoxy) is 2. The van der Waals surface area contributed by atoms with Gasteiger partial charge in [0.25, 0.3) is 0 Å². The summed E-state index contributed by atoms with van der Waals surface area (Å²) in [5, 5.41) is 12.1. The number of carboxylic acids is 1. The minimum Gasteiger partial charge on any atom is -0.493 e. The van der Waals surface area contributed by atoms with Gasteiger partial charge in [-0.25, -0.2) is 4.79 Å². The highest BCUT2D eigenvalue weighted by atomic mass is 16.5. The molecular weight excluding hydrogens is 294 g/mol. The quantitative estimate of drug-likeness (QED) is 0.813. The van der Waals surface area contributed by atoms with E-state index in [4.69, 9.17) is 14.6 Å². The maximum Gasteiger partial charge on any atom is 0.335 e. The predicted octanol–water partition coefficient (Wildman–Crippen LogP) is 3.79. The van der Waals surface area contributed by atoms with E-state index in [-0.39, 0.29) is 11.7 Å². The molecule has 2 aromatic rings. The number of hydrogen-bond donors (Lipinski definition) is 2. The Morgan fingerprint density at radius 3 is 2.39 bits per heavy atom. The van der Waals surface area contributed by atoms with E-state index in [1.165, 1.54) is 0 Å². The second-order valence-electron chi connectivity index (χ2n) is 5.39. The van der Waals surface area contributed by atoms with E-state index < -0.39 is 5.97 Å². The van der Waals surface area contributed by atoms with Crippen LogP contribution in [0, 0.1) is 0 Å². The molecular formula is C18H21NO4. The van der Waals surface area contributed by atoms with Crippen molar-refractivity contribution in [1.82, 2.24) is 0 Å². The Balaban J connectivity index is 2.04. The summed E-state index contributed by atoms with van der Waals surface area (Å²) in [5.74, 6) is 0.485. The Kier molecular flexibility index (Phi) is 5.46. The molecule has 0 aliphatic carbocycles. The van der Waals surface area contributed by atoms with E-state index in [2.05, 4.69) is 5.32 Å². The number of rotatable bonds is 7. The van der Waals surface area contributed by atoms with Crippen LogP contribution in [-0.2, 0) is 6.54 Å². The first-order chi connectivity index (χ1) is 11.0. The zero-order valence-corrected chi connectivity index (χ0v) is 13.5. The molecule has 23 heavy (non-hydrogen) atoms. The van der Waals surface area contributed by atoms with Crippen LogP contribution in [0.5, 0.6) is 11.5 Å². The van der Waals surface area contributed by atoms with Crippen molar-refractivity contribution in [2.75, 3.05) is 12.4 Å². The third-order valence-corrected chi connectivity index (χ3v) is 3.22. The third-order valence-electron chi connectivity index (χ3n) is 3.22. The number of carboxylic acid groups (broad SMARTS) is 1. The summed E-state index contributed by atoms with van der Waals surface area (Å²) in [6.07, 6.45) is 0.0839. The summed E-state index contributed by atoms with van der Waals surface area (Å²) >= 11 is 0. The largest absolute Gasteiger partial charge is 0.493 e. The Hall–Kier alpha value is -2.69. The molecule has 0 aromatic heterocycles. The lowest BCUT2D eigenvalue weighted by Gasteiger charge is -2.15. The normalized spacial score (nSPS) is 10.4. The molecule has 0 atom stereocenters. The van der Waals surface area contributed by atoms with Gasteiger partial charge in [-0.3, -0.25) is 0 Å². The van der Waals surface area contributed by atoms with Crippen molar-refractivity contribution in [2.45, 2.75) is 26.5 Å². The molecule has 0 bridgehead atoms. The van der Waals surface area contributed by atoms with E-state index in [1.807, 2.05) is 32.0 Å². The monoisotopic (exact) mass is 315 g/mol. The molecule has 2 N–H and O–H groups in total. The number of benzene rings is 2. The second-order valence-corrected chi connectivity index (χ2v) is 5.39. The van der Waals surface area contributed by atoms with Crippen LogP contribution in [0.3, 0.4) is 0 Å². The van der Waals surface area contributed by atoms with E-state index in [0.29, 0.717) is 12.3 Å². The number of methoxy groups -OCH3 is 1. The molecule has 122 valence electrons. The maximum absolute atomic E-state index is 10.8. The minimum atomic E-state index is -0.929. The predicted molar refractivity (Wildman–Crippen MR) is 89.5 cm³/mol. The highest BCUT2D eigenvalue weighted by Crippen LogP contribution is 2.29. The molecule has 2 aromatic carbocycles. The van der Waals surface area contributed by atoms with Gasteiger partial charge in [0.1, 0.15) is 0 Å². The smallest absolute Gasteiger partial charge is 0.335 e. The van der Waals surface area contributed by atoms with Crippen LogP contribution in [0.4, 0.5) is 5.69 Å². The lowest BCUT2D eigenvalue weighted by Crippen LogP contribution is -2.07. The summed E-state index contributed by atoms with van der Waals surface area (Å²) in [5.41, 5.74) is 2.17. The second kappa shape index (κ2) is 7.54. The maximum atomic E-state index is 10.8. The first kappa shape index (κ1) is 16.7. The average molecular weight is 315 g/mol. The van der Waals surface area contributed by atoms with Crippen LogP contribution in [0.15, 0.2) is 42.5 Å². The highest BCUT2D eigenvalue weighted by molar-refractivity contribution is 5.87. The lowest BCUT2D eigenvalue weighted by molar-refractivity contribution is 0.0697. The van der Waals surface area contributed by atoms with Gasteiger partial charge in [-0.1, -0.05) is 6.07 Å². The number of hydrogen-bond acceptors (Lipinski definition) is 4. The van der Waals surface area contributed by atoms with Gasteiger partial charge in [0, 0.05) is 12.2 Å². The molecule has 0 aliphatic heterocycles. The van der Waals surface area contributed by atoms with Gasteiger partial charge in [0.2, 0.25) is 0 Å². The van der Waals surface area contributed by atoms with Crippen molar-refractivity contribution in [2.24, 2.45) is 0 Å². The van der Waals surface area contributed by atoms with Gasteiger partial charge < -0.3 is 19.9 Å². The summed E-state index contributed by atoms with van der Waals surface area (Å²) in [6, 6.07) is 12.4. The zero-order valence-electron chi connectivity index (χ0n) is 13.5. The Labute approximate surface area is 135 Å². The van der Waals surface area contributed by atoms with Gasteiger partial charge in [0.15, 0.2) is 11.5 Å². The molecule has 0 heterocycles. The summed E-state index contributed by atoms with van der Waals surface area (Å²) in [6.45, 7) is 4.54. The van der Waals surface area contributed by atoms with Gasteiger partial charge in [-0.2, -0.15) is 0 Å². The van der Waals surface area contributed by atoms with E-state index in [0.717, 1.165) is 17.0 Å². The topological polar surface area (TPSA) is 67.8 Å². The Morgan fingerprint density at radius 1 is 1.13 bits per heavy atom. The lowest BCUT2D eigenvalue weighted by atomic mass is 10.1. The van der Waals surface area contributed by atoms with Gasteiger partial charge in [-0.05, 0) is 55.8 Å². The Morgan fingerprint density at radius 2 is 1.83 bits per heavy atom. The fraction of sp³-hybridized carbons (Fsp3) is 0.278. The molecule has 0 radical (unpaired) electrons. The van der Waals surface area contributed by atoms with Crippen molar-refractivity contribution < 1.29 is 19.4 Å². The van der Waals surface area contributed by atoms with Gasteiger partial charge >= 0.3 is 5.97 Å². The zero-order chi connectivity index (χ0) is 16.8. The van der Waals surface area contributed by atoms with Crippen LogP contribution in [-0.4, -0.2) is 24.3 Å². The molecule has 0 unspecified atom stereocenters. The SMILES string of the molecule is COc1cc(CNc2ccc(C(=O)O)cc2)ccc1OC(C)C. The van der Waals surface area contributed by atoms with Gasteiger partial charge in [-0.15, -0.1) is 0 Å². The fourth-order valence-corrected chi connectivity index (χ4v) is 2.11. The molecule has 0 saturated heterocycles. The molecule has 5 heteroatoms. The summed E-state index contributed by atoms with van der Waals surface area (Å²) in [7, 11) is 1.62. The van der Waals surface area contributed by atoms with Crippen LogP contribution in [0.25, 0.3) is 0 Å². The highest BCUT2D eigenvalue weighted by Gasteiger charge is 2.08. The summed E-state index contributed by atoms with van der Waals surface area (Å²) in [4.78, 5) is 10.8. The molecule has 0 saturated carbocycles. The van der Waals surface area contributed by atoms with Crippen molar-refractivity contribution in [1.29, 1.82) is 0 Å². The van der Waals surface area contributed by atoms with Crippen molar-refractivity contribution in [3.63, 3.8) is 0 Å². The number of nitrogens with one attached hydrogen (secondary N) is 1. The van der Waals surface area contributed by atoms with E-state index in [1.54, 1.807) is 31.4 Å². The van der Waals surface area contributed by atoms with Crippen LogP contribution in [0.2, 0.25) is 0 Å². The van der Waals surface area contributed by atoms with Crippen molar-refractivity contribution in [3.8, 4) is 11.5 Å². The molecule has 0 fully saturated rings. The Bertz CT molecular complexity index is 665. The van der Waals surface area contributed by atoms with Crippen molar-refractivity contribution in [3.05, 3.63) is 53.6 Å². The fourth-order valence-electron chi connectivity index (χ4n) is 2.11. The van der Waals surface area contributed by atoms with Crippen LogP contribution < -0.4 is 14.8 Å². The van der Waals surface area contributed by atoms with Crippen LogP contribution in [0.1, 0.15) is 29.8 Å². The van der Waals surface area contributed by atoms with Gasteiger partial charge in [0.05, 0.1) is 18.8 Å². The number of carbonyl (C=O) groups is 1. The molecule has 5 nitrogen and oxygen atoms in total. The van der Waals surface area contributed by atoms with E-state index in [9.17, 15) is 4.79 Å². The standard InChI is InChI=1S/C18H21NO4/c1-12(2)23-16-9-4-13(10-17(16)22-3)11-19-15-7-5-14(6-8-15)18(20)21/h4-10,12,19H,11H2,1-3H3,(H,20,21). The summed E-state index contributed by atoms with van der Waals surface area (Å²) < 4.78 is 11.1. The third kappa shape index (κ3) is 4.64. The van der Waals surface area contributed by atoms with Crippen molar-refractivity contribution >= 4 is 11.7 Å². The molecule has 0 aliphatic rings. The molecule has 0 spiro atoms. The number of anilines is 1.